The molecule has 0 fully saturated rings. The molecule has 162 valence electrons. The van der Waals surface area contributed by atoms with Crippen LogP contribution in [-0.4, -0.2) is 37.6 Å². The molecule has 0 saturated heterocycles. The topological polar surface area (TPSA) is 109 Å². The van der Waals surface area contributed by atoms with Crippen LogP contribution in [0.4, 0.5) is 10.2 Å². The molecule has 0 unspecified atom stereocenters. The van der Waals surface area contributed by atoms with Crippen molar-refractivity contribution in [3.63, 3.8) is 0 Å². The van der Waals surface area contributed by atoms with E-state index in [0.29, 0.717) is 51.0 Å². The largest absolute Gasteiger partial charge is 0.465 e. The van der Waals surface area contributed by atoms with Crippen molar-refractivity contribution in [2.45, 2.75) is 0 Å². The number of pyridine rings is 1. The van der Waals surface area contributed by atoms with Gasteiger partial charge < -0.3 is 10.5 Å². The van der Waals surface area contributed by atoms with Gasteiger partial charge in [0.05, 0.1) is 24.4 Å². The summed E-state index contributed by atoms with van der Waals surface area (Å²) in [6, 6.07) is 16.4. The number of hydrogen-bond donors (Lipinski definition) is 1. The summed E-state index contributed by atoms with van der Waals surface area (Å²) < 4.78 is 20.0. The molecule has 3 aromatic heterocycles. The van der Waals surface area contributed by atoms with Crippen LogP contribution in [0, 0.1) is 5.82 Å². The van der Waals surface area contributed by atoms with E-state index in [1.807, 2.05) is 10.6 Å². The number of halogens is 1. The predicted octanol–water partition coefficient (Wildman–Crippen LogP) is 4.05. The average molecular weight is 440 g/mol. The molecule has 33 heavy (non-hydrogen) atoms. The van der Waals surface area contributed by atoms with E-state index in [0.717, 1.165) is 0 Å². The predicted molar refractivity (Wildman–Crippen MR) is 121 cm³/mol. The lowest BCUT2D eigenvalue weighted by molar-refractivity contribution is 0.0600. The number of aromatic nitrogens is 5. The molecule has 0 amide bonds. The number of benzene rings is 2. The zero-order valence-corrected chi connectivity index (χ0v) is 17.4. The van der Waals surface area contributed by atoms with Crippen LogP contribution in [0.1, 0.15) is 10.4 Å². The number of ether oxygens (including phenoxy) is 1. The van der Waals surface area contributed by atoms with Gasteiger partial charge in [0.2, 0.25) is 0 Å². The maximum atomic E-state index is 13.4. The highest BCUT2D eigenvalue weighted by Crippen LogP contribution is 2.31. The van der Waals surface area contributed by atoms with E-state index in [-0.39, 0.29) is 5.82 Å². The Morgan fingerprint density at radius 3 is 2.45 bits per heavy atom. The third-order valence-electron chi connectivity index (χ3n) is 5.13. The van der Waals surface area contributed by atoms with Crippen molar-refractivity contribution in [1.82, 2.24) is 24.5 Å². The Morgan fingerprint density at radius 2 is 1.76 bits per heavy atom. The van der Waals surface area contributed by atoms with Crippen LogP contribution < -0.4 is 5.73 Å². The lowest BCUT2D eigenvalue weighted by Gasteiger charge is -2.11. The molecular formula is C24H17FN6O2. The fourth-order valence-corrected chi connectivity index (χ4v) is 3.51. The lowest BCUT2D eigenvalue weighted by Crippen LogP contribution is -2.04. The normalized spacial score (nSPS) is 11.0. The number of esters is 1. The summed E-state index contributed by atoms with van der Waals surface area (Å²) >= 11 is 0. The number of nitrogen functional groups attached to an aromatic ring is 1. The second kappa shape index (κ2) is 8.12. The van der Waals surface area contributed by atoms with Gasteiger partial charge in [0.15, 0.2) is 17.3 Å². The summed E-state index contributed by atoms with van der Waals surface area (Å²) in [5.74, 6) is 0.471. The Bertz CT molecular complexity index is 1480. The Kier molecular flexibility index (Phi) is 4.98. The first-order valence-corrected chi connectivity index (χ1v) is 9.96. The van der Waals surface area contributed by atoms with Crippen LogP contribution in [-0.2, 0) is 4.74 Å². The molecule has 0 radical (unpaired) electrons. The van der Waals surface area contributed by atoms with Crippen molar-refractivity contribution >= 4 is 23.0 Å². The van der Waals surface area contributed by atoms with Crippen molar-refractivity contribution in [2.75, 3.05) is 12.8 Å². The molecule has 3 heterocycles. The van der Waals surface area contributed by atoms with Gasteiger partial charge in [-0.25, -0.2) is 29.1 Å². The monoisotopic (exact) mass is 440 g/mol. The van der Waals surface area contributed by atoms with Crippen LogP contribution in [0.2, 0.25) is 0 Å². The fraction of sp³-hybridized carbons (Fsp3) is 0.0417. The molecule has 2 aromatic carbocycles. The zero-order chi connectivity index (χ0) is 22.9. The molecule has 5 aromatic rings. The van der Waals surface area contributed by atoms with E-state index in [9.17, 15) is 9.18 Å². The van der Waals surface area contributed by atoms with E-state index in [4.69, 9.17) is 20.4 Å². The molecule has 2 N–H and O–H groups in total. The zero-order valence-electron chi connectivity index (χ0n) is 17.4. The van der Waals surface area contributed by atoms with Gasteiger partial charge in [-0.15, -0.1) is 0 Å². The highest BCUT2D eigenvalue weighted by Gasteiger charge is 2.19. The summed E-state index contributed by atoms with van der Waals surface area (Å²) in [7, 11) is 1.33. The molecule has 0 aliphatic heterocycles. The minimum Gasteiger partial charge on any atom is -0.465 e. The van der Waals surface area contributed by atoms with Crippen LogP contribution in [0.5, 0.6) is 0 Å². The van der Waals surface area contributed by atoms with Gasteiger partial charge in [-0.1, -0.05) is 0 Å². The lowest BCUT2D eigenvalue weighted by atomic mass is 10.2. The summed E-state index contributed by atoms with van der Waals surface area (Å²) in [5.41, 5.74) is 9.60. The van der Waals surface area contributed by atoms with E-state index < -0.39 is 5.97 Å². The average Bonchev–Trinajstić information content (AvgIpc) is 3.23. The molecule has 8 nitrogen and oxygen atoms in total. The van der Waals surface area contributed by atoms with Crippen molar-refractivity contribution in [3.8, 4) is 28.5 Å². The first kappa shape index (κ1) is 20.3. The SMILES string of the molecule is COC(=O)c1ccc(-n2c(-c3cccnc3N)nc3cnc(-c4ccc(F)cc4)nc32)cc1. The van der Waals surface area contributed by atoms with Crippen LogP contribution in [0.15, 0.2) is 73.1 Å². The standard InChI is InChI=1S/C24H17FN6O2/c1-33-24(32)15-6-10-17(11-7-15)31-22(18-3-2-12-27-20(18)26)29-19-13-28-21(30-23(19)31)14-4-8-16(25)9-5-14/h2-13H,1H3,(H2,26,27). The van der Waals surface area contributed by atoms with E-state index in [1.54, 1.807) is 54.9 Å². The molecule has 0 aliphatic carbocycles. The number of nitrogens with two attached hydrogens (primary N) is 1. The Morgan fingerprint density at radius 1 is 1.00 bits per heavy atom. The minimum absolute atomic E-state index is 0.312. The van der Waals surface area contributed by atoms with E-state index in [2.05, 4.69) is 9.97 Å². The maximum Gasteiger partial charge on any atom is 0.337 e. The van der Waals surface area contributed by atoms with Gasteiger partial charge in [0, 0.05) is 17.4 Å². The van der Waals surface area contributed by atoms with E-state index in [1.165, 1.54) is 19.2 Å². The summed E-state index contributed by atoms with van der Waals surface area (Å²) in [6.07, 6.45) is 3.21. The smallest absolute Gasteiger partial charge is 0.337 e. The molecule has 0 atom stereocenters. The van der Waals surface area contributed by atoms with Gasteiger partial charge >= 0.3 is 5.97 Å². The van der Waals surface area contributed by atoms with Crippen molar-refractivity contribution in [3.05, 3.63) is 84.4 Å². The van der Waals surface area contributed by atoms with Gasteiger partial charge in [0.1, 0.15) is 17.2 Å². The van der Waals surface area contributed by atoms with E-state index >= 15 is 0 Å². The minimum atomic E-state index is -0.435. The summed E-state index contributed by atoms with van der Waals surface area (Å²) in [5, 5.41) is 0. The Labute approximate surface area is 187 Å². The number of carbonyl (C=O) groups is 1. The first-order valence-electron chi connectivity index (χ1n) is 9.96. The molecule has 0 saturated carbocycles. The highest BCUT2D eigenvalue weighted by atomic mass is 19.1. The van der Waals surface area contributed by atoms with Crippen LogP contribution >= 0.6 is 0 Å². The van der Waals surface area contributed by atoms with Gasteiger partial charge in [-0.2, -0.15) is 0 Å². The third-order valence-corrected chi connectivity index (χ3v) is 5.13. The summed E-state index contributed by atoms with van der Waals surface area (Å²) in [4.78, 5) is 29.9. The second-order valence-electron chi connectivity index (χ2n) is 7.15. The second-order valence-corrected chi connectivity index (χ2v) is 7.15. The fourth-order valence-electron chi connectivity index (χ4n) is 3.51. The number of methoxy groups -OCH3 is 1. The number of fused-ring (bicyclic) bond motifs is 1. The molecule has 0 aliphatic rings. The first-order chi connectivity index (χ1) is 16.0. The molecule has 0 bridgehead atoms. The molecule has 9 heteroatoms. The van der Waals surface area contributed by atoms with Crippen molar-refractivity contribution in [1.29, 1.82) is 0 Å². The number of imidazole rings is 1. The third kappa shape index (κ3) is 3.65. The van der Waals surface area contributed by atoms with Crippen molar-refractivity contribution in [2.24, 2.45) is 0 Å². The summed E-state index contributed by atoms with van der Waals surface area (Å²) in [6.45, 7) is 0. The molecule has 5 rings (SSSR count). The number of hydrogen-bond acceptors (Lipinski definition) is 7. The number of rotatable bonds is 4. The van der Waals surface area contributed by atoms with Crippen LogP contribution in [0.3, 0.4) is 0 Å². The van der Waals surface area contributed by atoms with Gasteiger partial charge in [-0.3, -0.25) is 4.57 Å². The quantitative estimate of drug-likeness (QED) is 0.420. The molecule has 0 spiro atoms. The van der Waals surface area contributed by atoms with Gasteiger partial charge in [-0.05, 0) is 60.7 Å². The number of nitrogens with zero attached hydrogens (tertiary/aromatic N) is 5. The van der Waals surface area contributed by atoms with Crippen LogP contribution in [0.25, 0.3) is 39.6 Å². The van der Waals surface area contributed by atoms with Gasteiger partial charge in [0.25, 0.3) is 0 Å². The number of carbonyl (C=O) groups excluding carboxylic acids is 1. The Balaban J connectivity index is 1.75. The Hall–Kier alpha value is -4.66. The maximum absolute atomic E-state index is 13.4. The molecular weight excluding hydrogens is 423 g/mol. The highest BCUT2D eigenvalue weighted by molar-refractivity contribution is 5.90. The number of anilines is 1. The van der Waals surface area contributed by atoms with Crippen molar-refractivity contribution < 1.29 is 13.9 Å².